The number of thiophene rings is 1. The van der Waals surface area contributed by atoms with Crippen LogP contribution in [-0.2, 0) is 11.2 Å². The largest absolute Gasteiger partial charge is 0.329 e. The Morgan fingerprint density at radius 1 is 1.40 bits per heavy atom. The van der Waals surface area contributed by atoms with Gasteiger partial charge < -0.3 is 5.32 Å². The van der Waals surface area contributed by atoms with E-state index in [1.165, 1.54) is 17.5 Å². The summed E-state index contributed by atoms with van der Waals surface area (Å²) in [5.74, 6) is -0.986. The van der Waals surface area contributed by atoms with Gasteiger partial charge >= 0.3 is 6.03 Å². The van der Waals surface area contributed by atoms with Gasteiger partial charge in [0.15, 0.2) is 0 Å². The Hall–Kier alpha value is -2.28. The van der Waals surface area contributed by atoms with Crippen LogP contribution in [0.25, 0.3) is 0 Å². The number of anilines is 1. The highest BCUT2D eigenvalue weighted by molar-refractivity contribution is 7.09. The first-order valence-corrected chi connectivity index (χ1v) is 6.80. The monoisotopic (exact) mass is 291 g/mol. The molecule has 3 rings (SSSR count). The second-order valence-electron chi connectivity index (χ2n) is 4.32. The molecule has 0 spiro atoms. The van der Waals surface area contributed by atoms with Crippen LogP contribution in [0.1, 0.15) is 4.88 Å². The molecule has 102 valence electrons. The van der Waals surface area contributed by atoms with Crippen molar-refractivity contribution < 1.29 is 14.0 Å². The van der Waals surface area contributed by atoms with Crippen LogP contribution >= 0.6 is 11.3 Å². The van der Waals surface area contributed by atoms with Crippen molar-refractivity contribution in [3.8, 4) is 0 Å². The number of hydrogen-bond acceptors (Lipinski definition) is 4. The van der Waals surface area contributed by atoms with E-state index >= 15 is 0 Å². The van der Waals surface area contributed by atoms with Crippen molar-refractivity contribution in [2.75, 3.05) is 4.90 Å². The zero-order valence-corrected chi connectivity index (χ0v) is 11.1. The number of amides is 3. The summed E-state index contributed by atoms with van der Waals surface area (Å²) in [5, 5.41) is 4.51. The summed E-state index contributed by atoms with van der Waals surface area (Å²) in [5.41, 5.74) is 0.140. The summed E-state index contributed by atoms with van der Waals surface area (Å²) in [4.78, 5) is 29.7. The summed E-state index contributed by atoms with van der Waals surface area (Å²) in [7, 11) is 0. The summed E-state index contributed by atoms with van der Waals surface area (Å²) in [6, 6.07) is 3.72. The van der Waals surface area contributed by atoms with Gasteiger partial charge in [0.1, 0.15) is 11.9 Å². The maximum absolute atomic E-state index is 13.1. The number of rotatable bonds is 3. The minimum absolute atomic E-state index is 0.140. The Morgan fingerprint density at radius 3 is 2.95 bits per heavy atom. The first-order chi connectivity index (χ1) is 9.65. The molecule has 1 atom stereocenters. The van der Waals surface area contributed by atoms with Gasteiger partial charge in [-0.3, -0.25) is 9.78 Å². The van der Waals surface area contributed by atoms with Crippen LogP contribution in [0, 0.1) is 5.82 Å². The lowest BCUT2D eigenvalue weighted by Crippen LogP contribution is -2.32. The molecule has 1 fully saturated rings. The number of hydrogen-bond donors (Lipinski definition) is 1. The Kier molecular flexibility index (Phi) is 3.19. The molecule has 20 heavy (non-hydrogen) atoms. The molecule has 0 radical (unpaired) electrons. The van der Waals surface area contributed by atoms with E-state index in [1.807, 2.05) is 17.5 Å². The first-order valence-electron chi connectivity index (χ1n) is 5.92. The molecular formula is C13H10FN3O2S. The van der Waals surface area contributed by atoms with E-state index in [-0.39, 0.29) is 5.69 Å². The Bertz CT molecular complexity index is 659. The molecule has 0 aromatic carbocycles. The fourth-order valence-electron chi connectivity index (χ4n) is 2.07. The van der Waals surface area contributed by atoms with Crippen molar-refractivity contribution in [3.05, 3.63) is 46.7 Å². The molecule has 1 N–H and O–H groups in total. The van der Waals surface area contributed by atoms with E-state index in [1.54, 1.807) is 0 Å². The number of nitrogens with one attached hydrogen (secondary N) is 1. The molecule has 1 aliphatic heterocycles. The van der Waals surface area contributed by atoms with Crippen molar-refractivity contribution in [2.45, 2.75) is 12.5 Å². The Morgan fingerprint density at radius 2 is 2.25 bits per heavy atom. The van der Waals surface area contributed by atoms with Crippen LogP contribution in [0.2, 0.25) is 0 Å². The van der Waals surface area contributed by atoms with Gasteiger partial charge in [-0.05, 0) is 11.4 Å². The van der Waals surface area contributed by atoms with Crippen LogP contribution in [0.3, 0.4) is 0 Å². The van der Waals surface area contributed by atoms with Crippen molar-refractivity contribution in [1.29, 1.82) is 0 Å². The summed E-state index contributed by atoms with van der Waals surface area (Å²) in [6.07, 6.45) is 2.74. The number of halogens is 1. The van der Waals surface area contributed by atoms with E-state index in [0.717, 1.165) is 22.0 Å². The van der Waals surface area contributed by atoms with Gasteiger partial charge in [-0.1, -0.05) is 6.07 Å². The van der Waals surface area contributed by atoms with Crippen molar-refractivity contribution in [2.24, 2.45) is 0 Å². The zero-order valence-electron chi connectivity index (χ0n) is 10.2. The van der Waals surface area contributed by atoms with Crippen LogP contribution in [0.5, 0.6) is 0 Å². The summed E-state index contributed by atoms with van der Waals surface area (Å²) >= 11 is 1.52. The smallest absolute Gasteiger partial charge is 0.325 e. The molecule has 3 heterocycles. The van der Waals surface area contributed by atoms with Gasteiger partial charge in [0.05, 0.1) is 18.1 Å². The average Bonchev–Trinajstić information content (AvgIpc) is 2.99. The minimum atomic E-state index is -0.621. The molecule has 0 saturated carbocycles. The molecule has 1 saturated heterocycles. The number of urea groups is 1. The van der Waals surface area contributed by atoms with Crippen molar-refractivity contribution in [3.63, 3.8) is 0 Å². The third-order valence-electron chi connectivity index (χ3n) is 2.95. The Labute approximate surface area is 118 Å². The van der Waals surface area contributed by atoms with E-state index < -0.39 is 23.8 Å². The first kappa shape index (κ1) is 12.7. The highest BCUT2D eigenvalue weighted by Crippen LogP contribution is 2.22. The normalized spacial score (nSPS) is 18.4. The molecule has 2 aromatic heterocycles. The summed E-state index contributed by atoms with van der Waals surface area (Å²) in [6.45, 7) is 0. The lowest BCUT2D eigenvalue weighted by molar-refractivity contribution is -0.118. The minimum Gasteiger partial charge on any atom is -0.325 e. The predicted octanol–water partition coefficient (Wildman–Crippen LogP) is 1.95. The molecular weight excluding hydrogens is 281 g/mol. The van der Waals surface area contributed by atoms with Gasteiger partial charge in [-0.25, -0.2) is 14.1 Å². The van der Waals surface area contributed by atoms with Crippen LogP contribution in [0.15, 0.2) is 36.0 Å². The highest BCUT2D eigenvalue weighted by Gasteiger charge is 2.39. The number of nitrogens with zero attached hydrogens (tertiary/aromatic N) is 2. The van der Waals surface area contributed by atoms with Crippen molar-refractivity contribution in [1.82, 2.24) is 10.3 Å². The number of aromatic nitrogens is 1. The van der Waals surface area contributed by atoms with E-state index in [0.29, 0.717) is 6.42 Å². The number of imide groups is 1. The third-order valence-corrected chi connectivity index (χ3v) is 3.85. The Balaban J connectivity index is 1.83. The van der Waals surface area contributed by atoms with Crippen LogP contribution in [-0.4, -0.2) is 23.0 Å². The number of carbonyl (C=O) groups is 2. The van der Waals surface area contributed by atoms with Gasteiger partial charge in [0.25, 0.3) is 5.91 Å². The lowest BCUT2D eigenvalue weighted by Gasteiger charge is -2.12. The molecule has 1 unspecified atom stereocenters. The lowest BCUT2D eigenvalue weighted by atomic mass is 10.2. The standard InChI is InChI=1S/C13H10FN3O2S/c14-8-4-9(7-15-6-8)17-12(18)11(16-13(17)19)5-10-2-1-3-20-10/h1-4,6-7,11H,5H2,(H,16,19). The van der Waals surface area contributed by atoms with Crippen molar-refractivity contribution >= 4 is 29.0 Å². The molecule has 1 aliphatic rings. The predicted molar refractivity (Wildman–Crippen MR) is 72.0 cm³/mol. The molecule has 2 aromatic rings. The van der Waals surface area contributed by atoms with E-state index in [9.17, 15) is 14.0 Å². The fourth-order valence-corrected chi connectivity index (χ4v) is 2.82. The van der Waals surface area contributed by atoms with Gasteiger partial charge in [0.2, 0.25) is 0 Å². The van der Waals surface area contributed by atoms with Gasteiger partial charge in [-0.2, -0.15) is 0 Å². The fraction of sp³-hybridized carbons (Fsp3) is 0.154. The topological polar surface area (TPSA) is 62.3 Å². The molecule has 7 heteroatoms. The number of pyridine rings is 1. The quantitative estimate of drug-likeness (QED) is 0.879. The molecule has 3 amide bonds. The number of carbonyl (C=O) groups excluding carboxylic acids is 2. The molecule has 0 aliphatic carbocycles. The van der Waals surface area contributed by atoms with E-state index in [2.05, 4.69) is 10.3 Å². The summed E-state index contributed by atoms with van der Waals surface area (Å²) < 4.78 is 13.1. The van der Waals surface area contributed by atoms with Gasteiger partial charge in [-0.15, -0.1) is 11.3 Å². The average molecular weight is 291 g/mol. The van der Waals surface area contributed by atoms with Crippen LogP contribution < -0.4 is 10.2 Å². The SMILES string of the molecule is O=C1NC(Cc2cccs2)C(=O)N1c1cncc(F)c1. The second kappa shape index (κ2) is 5.01. The van der Waals surface area contributed by atoms with Gasteiger partial charge in [0, 0.05) is 17.4 Å². The molecule has 5 nitrogen and oxygen atoms in total. The van der Waals surface area contributed by atoms with E-state index in [4.69, 9.17) is 0 Å². The third kappa shape index (κ3) is 2.27. The molecule has 0 bridgehead atoms. The highest BCUT2D eigenvalue weighted by atomic mass is 32.1. The maximum Gasteiger partial charge on any atom is 0.329 e. The van der Waals surface area contributed by atoms with Crippen LogP contribution in [0.4, 0.5) is 14.9 Å². The zero-order chi connectivity index (χ0) is 14.1. The maximum atomic E-state index is 13.1. The second-order valence-corrected chi connectivity index (χ2v) is 5.35.